The fourth-order valence-corrected chi connectivity index (χ4v) is 2.53. The van der Waals surface area contributed by atoms with Crippen LogP contribution >= 0.6 is 0 Å². The molecule has 0 radical (unpaired) electrons. The first-order chi connectivity index (χ1) is 11.6. The molecule has 2 aromatic carbocycles. The number of aromatic hydroxyl groups is 1. The topological polar surface area (TPSA) is 78.1 Å². The molecule has 0 saturated carbocycles. The fourth-order valence-electron chi connectivity index (χ4n) is 2.53. The number of phenols is 1. The predicted molar refractivity (Wildman–Crippen MR) is 89.2 cm³/mol. The van der Waals surface area contributed by atoms with Gasteiger partial charge in [0.1, 0.15) is 28.7 Å². The lowest BCUT2D eigenvalue weighted by Crippen LogP contribution is -2.05. The van der Waals surface area contributed by atoms with Gasteiger partial charge in [-0.2, -0.15) is 0 Å². The van der Waals surface area contributed by atoms with Crippen LogP contribution in [0, 0.1) is 0 Å². The van der Waals surface area contributed by atoms with E-state index >= 15 is 0 Å². The summed E-state index contributed by atoms with van der Waals surface area (Å²) in [6.07, 6.45) is 1.35. The van der Waals surface area contributed by atoms with Gasteiger partial charge in [0.2, 0.25) is 5.43 Å². The highest BCUT2D eigenvalue weighted by Crippen LogP contribution is 2.33. The molecule has 0 spiro atoms. The first kappa shape index (κ1) is 15.7. The monoisotopic (exact) mass is 328 g/mol. The molecule has 0 aliphatic rings. The van der Waals surface area contributed by atoms with Gasteiger partial charge in [0, 0.05) is 12.1 Å². The number of benzene rings is 2. The Bertz CT molecular complexity index is 958. The molecule has 0 aliphatic carbocycles. The maximum atomic E-state index is 12.8. The highest BCUT2D eigenvalue weighted by Gasteiger charge is 2.15. The number of phenolic OH excluding ortho intramolecular Hbond substituents is 1. The molecule has 0 saturated heterocycles. The number of ether oxygens (including phenoxy) is 3. The smallest absolute Gasteiger partial charge is 0.204 e. The molecular formula is C18H16O6. The summed E-state index contributed by atoms with van der Waals surface area (Å²) in [7, 11) is 4.52. The van der Waals surface area contributed by atoms with Gasteiger partial charge in [-0.25, -0.2) is 0 Å². The Morgan fingerprint density at radius 2 is 1.71 bits per heavy atom. The van der Waals surface area contributed by atoms with Crippen molar-refractivity contribution in [3.8, 4) is 34.1 Å². The summed E-state index contributed by atoms with van der Waals surface area (Å²) >= 11 is 0. The van der Waals surface area contributed by atoms with E-state index in [0.717, 1.165) is 0 Å². The summed E-state index contributed by atoms with van der Waals surface area (Å²) in [5, 5.41) is 10.2. The van der Waals surface area contributed by atoms with Gasteiger partial charge in [-0.1, -0.05) is 6.07 Å². The van der Waals surface area contributed by atoms with Crippen LogP contribution in [0.3, 0.4) is 0 Å². The Kier molecular flexibility index (Phi) is 4.04. The lowest BCUT2D eigenvalue weighted by molar-refractivity contribution is 0.355. The maximum absolute atomic E-state index is 12.8. The summed E-state index contributed by atoms with van der Waals surface area (Å²) in [5.74, 6) is 1.26. The quantitative estimate of drug-likeness (QED) is 0.792. The van der Waals surface area contributed by atoms with Gasteiger partial charge in [0.15, 0.2) is 11.5 Å². The van der Waals surface area contributed by atoms with Crippen LogP contribution in [0.5, 0.6) is 23.0 Å². The van der Waals surface area contributed by atoms with Gasteiger partial charge in [0.05, 0.1) is 26.9 Å². The molecule has 0 amide bonds. The van der Waals surface area contributed by atoms with Gasteiger partial charge in [-0.15, -0.1) is 0 Å². The minimum Gasteiger partial charge on any atom is -0.507 e. The van der Waals surface area contributed by atoms with Gasteiger partial charge in [-0.05, 0) is 17.7 Å². The molecule has 0 bridgehead atoms. The van der Waals surface area contributed by atoms with Crippen molar-refractivity contribution >= 4 is 11.0 Å². The molecule has 6 heteroatoms. The number of hydrogen-bond donors (Lipinski definition) is 1. The fraction of sp³-hybridized carbons (Fsp3) is 0.167. The molecule has 1 heterocycles. The number of rotatable bonds is 4. The summed E-state index contributed by atoms with van der Waals surface area (Å²) in [4.78, 5) is 12.8. The van der Waals surface area contributed by atoms with E-state index in [1.807, 2.05) is 0 Å². The van der Waals surface area contributed by atoms with Crippen molar-refractivity contribution in [2.45, 2.75) is 0 Å². The van der Waals surface area contributed by atoms with Crippen molar-refractivity contribution < 1.29 is 23.7 Å². The van der Waals surface area contributed by atoms with Crippen LogP contribution in [-0.2, 0) is 0 Å². The average Bonchev–Trinajstić information content (AvgIpc) is 2.60. The zero-order chi connectivity index (χ0) is 17.3. The van der Waals surface area contributed by atoms with Crippen LogP contribution in [0.1, 0.15) is 0 Å². The van der Waals surface area contributed by atoms with Crippen LogP contribution in [0.4, 0.5) is 0 Å². The molecule has 124 valence electrons. The van der Waals surface area contributed by atoms with E-state index in [2.05, 4.69) is 0 Å². The molecule has 0 atom stereocenters. The van der Waals surface area contributed by atoms with Crippen LogP contribution in [-0.4, -0.2) is 26.4 Å². The van der Waals surface area contributed by atoms with Gasteiger partial charge < -0.3 is 23.7 Å². The van der Waals surface area contributed by atoms with E-state index in [1.165, 1.54) is 33.7 Å². The molecule has 3 rings (SSSR count). The number of fused-ring (bicyclic) bond motifs is 1. The Balaban J connectivity index is 2.23. The van der Waals surface area contributed by atoms with E-state index in [9.17, 15) is 9.90 Å². The molecule has 0 aliphatic heterocycles. The molecule has 0 unspecified atom stereocenters. The standard InChI is InChI=1S/C18H16O6/c1-21-11-7-13(19)17-16(8-11)24-9-12(18(17)20)10-4-5-14(22-2)15(6-10)23-3/h4-9,19H,1-3H3. The van der Waals surface area contributed by atoms with Crippen molar-refractivity contribution in [3.05, 3.63) is 46.8 Å². The van der Waals surface area contributed by atoms with E-state index < -0.39 is 0 Å². The Labute approximate surface area is 137 Å². The summed E-state index contributed by atoms with van der Waals surface area (Å²) in [5.41, 5.74) is 0.812. The van der Waals surface area contributed by atoms with Crippen LogP contribution in [0.25, 0.3) is 22.1 Å². The van der Waals surface area contributed by atoms with Gasteiger partial charge in [0.25, 0.3) is 0 Å². The summed E-state index contributed by atoms with van der Waals surface area (Å²) < 4.78 is 21.0. The van der Waals surface area contributed by atoms with Gasteiger partial charge in [-0.3, -0.25) is 4.79 Å². The second kappa shape index (κ2) is 6.16. The Morgan fingerprint density at radius 3 is 2.38 bits per heavy atom. The average molecular weight is 328 g/mol. The van der Waals surface area contributed by atoms with Crippen molar-refractivity contribution in [1.82, 2.24) is 0 Å². The number of hydrogen-bond acceptors (Lipinski definition) is 6. The van der Waals surface area contributed by atoms with Crippen LogP contribution < -0.4 is 19.6 Å². The number of methoxy groups -OCH3 is 3. The van der Waals surface area contributed by atoms with Gasteiger partial charge >= 0.3 is 0 Å². The van der Waals surface area contributed by atoms with Crippen LogP contribution in [0.15, 0.2) is 45.8 Å². The SMILES string of the molecule is COc1cc(O)c2c(=O)c(-c3ccc(OC)c(OC)c3)coc2c1. The minimum atomic E-state index is -0.344. The molecule has 1 N–H and O–H groups in total. The largest absolute Gasteiger partial charge is 0.507 e. The lowest BCUT2D eigenvalue weighted by atomic mass is 10.0. The highest BCUT2D eigenvalue weighted by atomic mass is 16.5. The summed E-state index contributed by atoms with van der Waals surface area (Å²) in [6.45, 7) is 0. The van der Waals surface area contributed by atoms with E-state index in [0.29, 0.717) is 28.4 Å². The molecule has 1 aromatic heterocycles. The first-order valence-corrected chi connectivity index (χ1v) is 7.14. The summed E-state index contributed by atoms with van der Waals surface area (Å²) in [6, 6.07) is 8.02. The van der Waals surface area contributed by atoms with E-state index in [4.69, 9.17) is 18.6 Å². The third-order valence-electron chi connectivity index (χ3n) is 3.76. The van der Waals surface area contributed by atoms with Crippen LogP contribution in [0.2, 0.25) is 0 Å². The zero-order valence-electron chi connectivity index (χ0n) is 13.5. The Hall–Kier alpha value is -3.15. The third-order valence-corrected chi connectivity index (χ3v) is 3.76. The molecule has 3 aromatic rings. The molecule has 24 heavy (non-hydrogen) atoms. The van der Waals surface area contributed by atoms with Crippen molar-refractivity contribution in [3.63, 3.8) is 0 Å². The second-order valence-corrected chi connectivity index (χ2v) is 5.07. The minimum absolute atomic E-state index is 0.100. The maximum Gasteiger partial charge on any atom is 0.204 e. The molecule has 0 fully saturated rings. The van der Waals surface area contributed by atoms with Crippen molar-refractivity contribution in [1.29, 1.82) is 0 Å². The highest BCUT2D eigenvalue weighted by molar-refractivity contribution is 5.88. The zero-order valence-corrected chi connectivity index (χ0v) is 13.5. The van der Waals surface area contributed by atoms with Crippen molar-refractivity contribution in [2.24, 2.45) is 0 Å². The molecule has 6 nitrogen and oxygen atoms in total. The third kappa shape index (κ3) is 2.52. The van der Waals surface area contributed by atoms with Crippen molar-refractivity contribution in [2.75, 3.05) is 21.3 Å². The first-order valence-electron chi connectivity index (χ1n) is 7.14. The molecular weight excluding hydrogens is 312 g/mol. The lowest BCUT2D eigenvalue weighted by Gasteiger charge is -2.10. The predicted octanol–water partition coefficient (Wildman–Crippen LogP) is 3.19. The van der Waals surface area contributed by atoms with E-state index in [-0.39, 0.29) is 22.1 Å². The second-order valence-electron chi connectivity index (χ2n) is 5.07. The normalized spacial score (nSPS) is 10.6. The van der Waals surface area contributed by atoms with E-state index in [1.54, 1.807) is 24.3 Å². The Morgan fingerprint density at radius 1 is 0.958 bits per heavy atom.